The van der Waals surface area contributed by atoms with E-state index in [1.165, 1.54) is 14.0 Å². The van der Waals surface area contributed by atoms with Gasteiger partial charge in [-0.3, -0.25) is 4.79 Å². The van der Waals surface area contributed by atoms with Gasteiger partial charge in [0.2, 0.25) is 5.91 Å². The Morgan fingerprint density at radius 1 is 1.14 bits per heavy atom. The van der Waals surface area contributed by atoms with Gasteiger partial charge in [0.15, 0.2) is 0 Å². The summed E-state index contributed by atoms with van der Waals surface area (Å²) in [5, 5.41) is 2.74. The number of amides is 3. The van der Waals surface area contributed by atoms with E-state index in [9.17, 15) is 14.4 Å². The van der Waals surface area contributed by atoms with Crippen molar-refractivity contribution < 1.29 is 19.1 Å². The van der Waals surface area contributed by atoms with Crippen molar-refractivity contribution in [2.45, 2.75) is 33.2 Å². The number of hydrogen-bond acceptors (Lipinski definition) is 4. The van der Waals surface area contributed by atoms with E-state index in [0.717, 1.165) is 6.42 Å². The number of nitrogens with zero attached hydrogens (tertiary/aromatic N) is 2. The fourth-order valence-corrected chi connectivity index (χ4v) is 2.24. The van der Waals surface area contributed by atoms with E-state index >= 15 is 0 Å². The molecule has 7 nitrogen and oxygen atoms in total. The lowest BCUT2D eigenvalue weighted by Crippen LogP contribution is -2.56. The summed E-state index contributed by atoms with van der Waals surface area (Å²) < 4.78 is 4.75. The van der Waals surface area contributed by atoms with Gasteiger partial charge in [0.25, 0.3) is 0 Å². The number of nitrogens with one attached hydrogen (secondary N) is 1. The molecule has 1 aliphatic heterocycles. The van der Waals surface area contributed by atoms with Crippen LogP contribution in [0.3, 0.4) is 0 Å². The molecule has 0 radical (unpaired) electrons. The third kappa shape index (κ3) is 4.61. The highest BCUT2D eigenvalue weighted by Crippen LogP contribution is 2.10. The van der Waals surface area contributed by atoms with Crippen LogP contribution in [-0.2, 0) is 14.3 Å². The van der Waals surface area contributed by atoms with Crippen LogP contribution in [0.15, 0.2) is 0 Å². The highest BCUT2D eigenvalue weighted by atomic mass is 16.5. The zero-order valence-corrected chi connectivity index (χ0v) is 13.2. The van der Waals surface area contributed by atoms with E-state index < -0.39 is 12.0 Å². The summed E-state index contributed by atoms with van der Waals surface area (Å²) in [5.41, 5.74) is 0. The molecule has 0 aromatic carbocycles. The van der Waals surface area contributed by atoms with Gasteiger partial charge in [-0.15, -0.1) is 0 Å². The lowest BCUT2D eigenvalue weighted by Gasteiger charge is -2.35. The first kappa shape index (κ1) is 17.3. The molecule has 1 heterocycles. The second-order valence-corrected chi connectivity index (χ2v) is 5.33. The van der Waals surface area contributed by atoms with Gasteiger partial charge < -0.3 is 19.9 Å². The minimum absolute atomic E-state index is 0.0000846. The Bertz CT molecular complexity index is 392. The lowest BCUT2D eigenvalue weighted by atomic mass is 9.99. The Balaban J connectivity index is 2.58. The number of esters is 1. The van der Waals surface area contributed by atoms with Crippen molar-refractivity contribution in [3.8, 4) is 0 Å². The molecule has 3 amide bonds. The van der Waals surface area contributed by atoms with Crippen molar-refractivity contribution in [1.29, 1.82) is 0 Å². The first-order valence-electron chi connectivity index (χ1n) is 7.29. The van der Waals surface area contributed by atoms with Crippen LogP contribution in [-0.4, -0.2) is 67.0 Å². The first-order valence-corrected chi connectivity index (χ1v) is 7.29. The molecular weight excluding hydrogens is 274 g/mol. The molecule has 0 unspecified atom stereocenters. The standard InChI is InChI=1S/C14H25N3O4/c1-5-10(2)12(13(19)21-4)15-14(20)17-8-6-16(7-9-17)11(3)18/h10,12H,5-9H2,1-4H3,(H,15,20)/t10-,12+/m1/s1. The monoisotopic (exact) mass is 299 g/mol. The van der Waals surface area contributed by atoms with Gasteiger partial charge in [-0.1, -0.05) is 20.3 Å². The van der Waals surface area contributed by atoms with Gasteiger partial charge in [-0.2, -0.15) is 0 Å². The van der Waals surface area contributed by atoms with E-state index in [2.05, 4.69) is 5.32 Å². The number of piperazine rings is 1. The van der Waals surface area contributed by atoms with E-state index in [1.807, 2.05) is 13.8 Å². The largest absolute Gasteiger partial charge is 0.467 e. The molecule has 1 aliphatic rings. The Morgan fingerprint density at radius 3 is 2.10 bits per heavy atom. The number of carbonyl (C=O) groups excluding carboxylic acids is 3. The number of ether oxygens (including phenoxy) is 1. The summed E-state index contributed by atoms with van der Waals surface area (Å²) in [6, 6.07) is -0.924. The Labute approximate surface area is 125 Å². The molecule has 0 aromatic rings. The molecular formula is C14H25N3O4. The van der Waals surface area contributed by atoms with E-state index in [-0.39, 0.29) is 17.9 Å². The minimum atomic E-state index is -0.640. The smallest absolute Gasteiger partial charge is 0.328 e. The molecule has 0 bridgehead atoms. The summed E-state index contributed by atoms with van der Waals surface area (Å²) in [5.74, 6) is -0.415. The maximum Gasteiger partial charge on any atom is 0.328 e. The van der Waals surface area contributed by atoms with Gasteiger partial charge >= 0.3 is 12.0 Å². The molecule has 0 spiro atoms. The molecule has 120 valence electrons. The predicted octanol–water partition coefficient (Wildman–Crippen LogP) is 0.448. The third-order valence-electron chi connectivity index (χ3n) is 3.96. The Hall–Kier alpha value is -1.79. The van der Waals surface area contributed by atoms with Gasteiger partial charge in [-0.25, -0.2) is 9.59 Å². The third-order valence-corrected chi connectivity index (χ3v) is 3.96. The molecule has 1 saturated heterocycles. The van der Waals surface area contributed by atoms with Gasteiger partial charge in [0, 0.05) is 33.1 Å². The second kappa shape index (κ2) is 7.85. The fourth-order valence-electron chi connectivity index (χ4n) is 2.24. The van der Waals surface area contributed by atoms with Crippen LogP contribution in [0.1, 0.15) is 27.2 Å². The number of hydrogen-bond donors (Lipinski definition) is 1. The minimum Gasteiger partial charge on any atom is -0.467 e. The molecule has 21 heavy (non-hydrogen) atoms. The lowest BCUT2D eigenvalue weighted by molar-refractivity contribution is -0.144. The average molecular weight is 299 g/mol. The van der Waals surface area contributed by atoms with Crippen molar-refractivity contribution in [3.05, 3.63) is 0 Å². The van der Waals surface area contributed by atoms with E-state index in [0.29, 0.717) is 26.2 Å². The molecule has 1 rings (SSSR count). The normalized spacial score (nSPS) is 17.9. The van der Waals surface area contributed by atoms with Crippen molar-refractivity contribution >= 4 is 17.9 Å². The first-order chi connectivity index (χ1) is 9.90. The quantitative estimate of drug-likeness (QED) is 0.764. The SMILES string of the molecule is CC[C@@H](C)[C@H](NC(=O)N1CCN(C(C)=O)CC1)C(=O)OC. The van der Waals surface area contributed by atoms with Crippen molar-refractivity contribution in [3.63, 3.8) is 0 Å². The van der Waals surface area contributed by atoms with Crippen LogP contribution in [0.2, 0.25) is 0 Å². The van der Waals surface area contributed by atoms with E-state index in [4.69, 9.17) is 4.74 Å². The zero-order chi connectivity index (χ0) is 16.0. The topological polar surface area (TPSA) is 79.0 Å². The summed E-state index contributed by atoms with van der Waals surface area (Å²) >= 11 is 0. The van der Waals surface area contributed by atoms with Crippen molar-refractivity contribution in [1.82, 2.24) is 15.1 Å². The van der Waals surface area contributed by atoms with Crippen LogP contribution in [0, 0.1) is 5.92 Å². The average Bonchev–Trinajstić information content (AvgIpc) is 2.50. The summed E-state index contributed by atoms with van der Waals surface area (Å²) in [6.45, 7) is 7.36. The second-order valence-electron chi connectivity index (χ2n) is 5.33. The van der Waals surface area contributed by atoms with Crippen molar-refractivity contribution in [2.75, 3.05) is 33.3 Å². The van der Waals surface area contributed by atoms with Crippen LogP contribution in [0.5, 0.6) is 0 Å². The summed E-state index contributed by atoms with van der Waals surface area (Å²) in [4.78, 5) is 38.6. The molecule has 1 fully saturated rings. The predicted molar refractivity (Wildman–Crippen MR) is 77.6 cm³/mol. The Morgan fingerprint density at radius 2 is 1.67 bits per heavy atom. The van der Waals surface area contributed by atoms with Gasteiger partial charge in [0.05, 0.1) is 7.11 Å². The Kier molecular flexibility index (Phi) is 6.45. The highest BCUT2D eigenvalue weighted by Gasteiger charge is 2.30. The fraction of sp³-hybridized carbons (Fsp3) is 0.786. The maximum atomic E-state index is 12.2. The molecule has 0 aliphatic carbocycles. The zero-order valence-electron chi connectivity index (χ0n) is 13.2. The number of rotatable bonds is 4. The summed E-state index contributed by atoms with van der Waals surface area (Å²) in [7, 11) is 1.31. The van der Waals surface area contributed by atoms with Crippen molar-refractivity contribution in [2.24, 2.45) is 5.92 Å². The van der Waals surface area contributed by atoms with Crippen LogP contribution in [0.4, 0.5) is 4.79 Å². The van der Waals surface area contributed by atoms with Gasteiger partial charge in [-0.05, 0) is 5.92 Å². The maximum absolute atomic E-state index is 12.2. The van der Waals surface area contributed by atoms with E-state index in [1.54, 1.807) is 9.80 Å². The number of urea groups is 1. The summed E-state index contributed by atoms with van der Waals surface area (Å²) in [6.07, 6.45) is 0.762. The number of carbonyl (C=O) groups is 3. The molecule has 2 atom stereocenters. The van der Waals surface area contributed by atoms with Crippen LogP contribution in [0.25, 0.3) is 0 Å². The molecule has 1 N–H and O–H groups in total. The van der Waals surface area contributed by atoms with Crippen LogP contribution >= 0.6 is 0 Å². The molecule has 0 aromatic heterocycles. The van der Waals surface area contributed by atoms with Crippen LogP contribution < -0.4 is 5.32 Å². The highest BCUT2D eigenvalue weighted by molar-refractivity contribution is 5.84. The molecule has 7 heteroatoms. The van der Waals surface area contributed by atoms with Gasteiger partial charge in [0.1, 0.15) is 6.04 Å². The molecule has 0 saturated carbocycles. The number of methoxy groups -OCH3 is 1.